The van der Waals surface area contributed by atoms with Crippen molar-refractivity contribution in [2.24, 2.45) is 0 Å². The summed E-state index contributed by atoms with van der Waals surface area (Å²) >= 11 is 0. The van der Waals surface area contributed by atoms with Gasteiger partial charge in [-0.05, 0) is 52.3 Å². The number of rotatable bonds is 1. The van der Waals surface area contributed by atoms with Gasteiger partial charge in [-0.1, -0.05) is 6.07 Å². The number of alkyl halides is 3. The van der Waals surface area contributed by atoms with Crippen LogP contribution in [0.2, 0.25) is 0 Å². The number of anilines is 2. The Morgan fingerprint density at radius 3 is 2.27 bits per heavy atom. The van der Waals surface area contributed by atoms with Gasteiger partial charge in [-0.2, -0.15) is 13.2 Å². The van der Waals surface area contributed by atoms with Crippen molar-refractivity contribution in [1.29, 1.82) is 0 Å². The summed E-state index contributed by atoms with van der Waals surface area (Å²) in [4.78, 5) is 3.43. The summed E-state index contributed by atoms with van der Waals surface area (Å²) in [5.41, 5.74) is 5.52. The SMILES string of the molecule is CC1(C)OB(c2ccc3c(c2F)CCN3)OC1(C)C.Nc1cc(C(F)(F)F)ccn1. The highest BCUT2D eigenvalue weighted by molar-refractivity contribution is 6.62. The van der Waals surface area contributed by atoms with Gasteiger partial charge in [-0.15, -0.1) is 0 Å². The molecule has 0 unspecified atom stereocenters. The third kappa shape index (κ3) is 4.39. The van der Waals surface area contributed by atoms with Crippen molar-refractivity contribution in [1.82, 2.24) is 4.98 Å². The smallest absolute Gasteiger partial charge is 0.399 e. The van der Waals surface area contributed by atoms with Gasteiger partial charge in [0.2, 0.25) is 0 Å². The molecule has 4 rings (SSSR count). The molecule has 1 fully saturated rings. The maximum atomic E-state index is 14.5. The summed E-state index contributed by atoms with van der Waals surface area (Å²) < 4.78 is 62.0. The van der Waals surface area contributed by atoms with Crippen molar-refractivity contribution >= 4 is 24.1 Å². The van der Waals surface area contributed by atoms with E-state index in [-0.39, 0.29) is 11.6 Å². The third-order valence-corrected chi connectivity index (χ3v) is 5.58. The Kier molecular flexibility index (Phi) is 5.77. The third-order valence-electron chi connectivity index (χ3n) is 5.58. The van der Waals surface area contributed by atoms with Gasteiger partial charge in [0.05, 0.1) is 16.8 Å². The van der Waals surface area contributed by atoms with E-state index in [9.17, 15) is 17.6 Å². The molecule has 5 nitrogen and oxygen atoms in total. The van der Waals surface area contributed by atoms with E-state index in [1.54, 1.807) is 6.07 Å². The minimum Gasteiger partial charge on any atom is -0.399 e. The zero-order valence-corrected chi connectivity index (χ0v) is 17.2. The normalized spacial score (nSPS) is 19.0. The first-order valence-electron chi connectivity index (χ1n) is 9.51. The average Bonchev–Trinajstić information content (AvgIpc) is 3.18. The number of nitrogens with one attached hydrogen (secondary N) is 1. The number of nitrogen functional groups attached to an aromatic ring is 1. The molecule has 1 aromatic heterocycles. The Morgan fingerprint density at radius 2 is 1.73 bits per heavy atom. The van der Waals surface area contributed by atoms with Crippen LogP contribution in [0.5, 0.6) is 0 Å². The number of nitrogens with two attached hydrogens (primary N) is 1. The number of hydrogen-bond donors (Lipinski definition) is 2. The molecule has 0 saturated carbocycles. The van der Waals surface area contributed by atoms with E-state index < -0.39 is 30.1 Å². The molecule has 10 heteroatoms. The number of aromatic nitrogens is 1. The molecule has 1 aromatic carbocycles. The van der Waals surface area contributed by atoms with Crippen LogP contribution in [-0.4, -0.2) is 29.8 Å². The summed E-state index contributed by atoms with van der Waals surface area (Å²) in [6.45, 7) is 8.68. The van der Waals surface area contributed by atoms with Crippen molar-refractivity contribution in [3.05, 3.63) is 47.4 Å². The molecular formula is C20H24BF4N3O2. The van der Waals surface area contributed by atoms with Crippen molar-refractivity contribution in [2.45, 2.75) is 51.5 Å². The van der Waals surface area contributed by atoms with Crippen LogP contribution in [-0.2, 0) is 21.9 Å². The van der Waals surface area contributed by atoms with Crippen molar-refractivity contribution in [2.75, 3.05) is 17.6 Å². The molecule has 2 aliphatic rings. The summed E-state index contributed by atoms with van der Waals surface area (Å²) in [5.74, 6) is -0.319. The molecule has 1 saturated heterocycles. The van der Waals surface area contributed by atoms with E-state index in [1.165, 1.54) is 0 Å². The Hall–Kier alpha value is -2.33. The lowest BCUT2D eigenvalue weighted by atomic mass is 9.77. The number of hydrogen-bond acceptors (Lipinski definition) is 5. The van der Waals surface area contributed by atoms with Gasteiger partial charge in [0.15, 0.2) is 0 Å². The van der Waals surface area contributed by atoms with Gasteiger partial charge in [-0.25, -0.2) is 9.37 Å². The number of pyridine rings is 1. The van der Waals surface area contributed by atoms with Crippen LogP contribution >= 0.6 is 0 Å². The fourth-order valence-electron chi connectivity index (χ4n) is 3.15. The monoisotopic (exact) mass is 425 g/mol. The molecule has 0 aliphatic carbocycles. The molecule has 162 valence electrons. The lowest BCUT2D eigenvalue weighted by Gasteiger charge is -2.32. The van der Waals surface area contributed by atoms with Crippen LogP contribution in [0.4, 0.5) is 29.1 Å². The molecule has 30 heavy (non-hydrogen) atoms. The van der Waals surface area contributed by atoms with E-state index in [1.807, 2.05) is 33.8 Å². The molecule has 3 heterocycles. The van der Waals surface area contributed by atoms with E-state index in [0.29, 0.717) is 11.9 Å². The van der Waals surface area contributed by atoms with E-state index in [2.05, 4.69) is 10.3 Å². The first-order chi connectivity index (χ1) is 13.8. The standard InChI is InChI=1S/C14H19BFNO2.C6H5F3N2/c1-13(2)14(3,4)19-15(18-13)10-5-6-11-9(12(10)16)7-8-17-11;7-6(8,9)4-1-2-11-5(10)3-4/h5-6,17H,7-8H2,1-4H3;1-3H,(H2,10,11). The first-order valence-corrected chi connectivity index (χ1v) is 9.51. The highest BCUT2D eigenvalue weighted by atomic mass is 19.4. The van der Waals surface area contributed by atoms with Gasteiger partial charge in [0, 0.05) is 29.5 Å². The topological polar surface area (TPSA) is 69.4 Å². The van der Waals surface area contributed by atoms with E-state index in [0.717, 1.165) is 36.1 Å². The molecule has 3 N–H and O–H groups in total. The minimum atomic E-state index is -4.34. The molecule has 0 bridgehead atoms. The lowest BCUT2D eigenvalue weighted by molar-refractivity contribution is -0.137. The molecule has 0 atom stereocenters. The Balaban J connectivity index is 0.000000199. The molecule has 0 radical (unpaired) electrons. The van der Waals surface area contributed by atoms with Crippen LogP contribution in [0.1, 0.15) is 38.8 Å². The number of benzene rings is 1. The summed E-state index contributed by atoms with van der Waals surface area (Å²) in [5, 5.41) is 3.17. The predicted octanol–water partition coefficient (Wildman–Crippen LogP) is 3.78. The van der Waals surface area contributed by atoms with Crippen LogP contribution in [0.3, 0.4) is 0 Å². The maximum absolute atomic E-state index is 14.5. The fraction of sp³-hybridized carbons (Fsp3) is 0.450. The van der Waals surface area contributed by atoms with Crippen molar-refractivity contribution < 1.29 is 26.9 Å². The second-order valence-electron chi connectivity index (χ2n) is 8.23. The molecule has 0 amide bonds. The van der Waals surface area contributed by atoms with Crippen molar-refractivity contribution in [3.63, 3.8) is 0 Å². The van der Waals surface area contributed by atoms with Gasteiger partial charge >= 0.3 is 13.3 Å². The van der Waals surface area contributed by atoms with Gasteiger partial charge in [0.25, 0.3) is 0 Å². The Morgan fingerprint density at radius 1 is 1.10 bits per heavy atom. The second-order valence-corrected chi connectivity index (χ2v) is 8.23. The maximum Gasteiger partial charge on any atom is 0.497 e. The number of nitrogens with zero attached hydrogens (tertiary/aromatic N) is 1. The minimum absolute atomic E-state index is 0.125. The fourth-order valence-corrected chi connectivity index (χ4v) is 3.15. The highest BCUT2D eigenvalue weighted by Crippen LogP contribution is 2.37. The van der Waals surface area contributed by atoms with Gasteiger partial charge in [0.1, 0.15) is 11.6 Å². The van der Waals surface area contributed by atoms with Gasteiger partial charge < -0.3 is 20.4 Å². The van der Waals surface area contributed by atoms with Gasteiger partial charge in [-0.3, -0.25) is 0 Å². The number of halogens is 4. The van der Waals surface area contributed by atoms with Crippen LogP contribution in [0.15, 0.2) is 30.5 Å². The summed E-state index contributed by atoms with van der Waals surface area (Å²) in [6.07, 6.45) is -2.59. The first kappa shape index (κ1) is 22.4. The van der Waals surface area contributed by atoms with Crippen LogP contribution in [0.25, 0.3) is 0 Å². The summed E-state index contributed by atoms with van der Waals surface area (Å²) in [6, 6.07) is 5.33. The molecule has 2 aromatic rings. The van der Waals surface area contributed by atoms with Crippen LogP contribution < -0.4 is 16.5 Å². The predicted molar refractivity (Wildman–Crippen MR) is 108 cm³/mol. The quantitative estimate of drug-likeness (QED) is 0.538. The highest BCUT2D eigenvalue weighted by Gasteiger charge is 2.52. The lowest BCUT2D eigenvalue weighted by Crippen LogP contribution is -2.41. The average molecular weight is 425 g/mol. The molecule has 2 aliphatic heterocycles. The number of fused-ring (bicyclic) bond motifs is 1. The largest absolute Gasteiger partial charge is 0.497 e. The molecular weight excluding hydrogens is 401 g/mol. The Bertz CT molecular complexity index is 919. The summed E-state index contributed by atoms with van der Waals surface area (Å²) in [7, 11) is -0.629. The second kappa shape index (κ2) is 7.74. The van der Waals surface area contributed by atoms with Crippen molar-refractivity contribution in [3.8, 4) is 0 Å². The van der Waals surface area contributed by atoms with Crippen LogP contribution in [0, 0.1) is 5.82 Å². The molecule has 0 spiro atoms. The zero-order valence-electron chi connectivity index (χ0n) is 17.2. The zero-order chi connectivity index (χ0) is 22.3. The van der Waals surface area contributed by atoms with E-state index >= 15 is 0 Å². The van der Waals surface area contributed by atoms with E-state index in [4.69, 9.17) is 15.0 Å². The Labute approximate surface area is 173 Å².